The number of carboxylic acid groups (broad SMARTS) is 1. The van der Waals surface area contributed by atoms with Crippen molar-refractivity contribution in [3.8, 4) is 11.3 Å². The fraction of sp³-hybridized carbons (Fsp3) is 0.105. The van der Waals surface area contributed by atoms with Gasteiger partial charge in [-0.3, -0.25) is 15.5 Å². The molecule has 2 aromatic carbocycles. The summed E-state index contributed by atoms with van der Waals surface area (Å²) < 4.78 is 0. The number of carboxylic acids is 1. The second-order valence-electron chi connectivity index (χ2n) is 5.94. The number of para-hydroxylation sites is 1. The van der Waals surface area contributed by atoms with Gasteiger partial charge in [0.05, 0.1) is 10.6 Å². The molecule has 3 aromatic rings. The summed E-state index contributed by atoms with van der Waals surface area (Å²) in [5, 5.41) is 26.7. The smallest absolute Gasteiger partial charge is 0.352 e. The maximum atomic E-state index is 11.5. The van der Waals surface area contributed by atoms with Crippen molar-refractivity contribution in [2.45, 2.75) is 13.3 Å². The Morgan fingerprint density at radius 3 is 2.64 bits per heavy atom. The van der Waals surface area contributed by atoms with Crippen LogP contribution >= 0.6 is 11.3 Å². The van der Waals surface area contributed by atoms with Crippen LogP contribution in [0.5, 0.6) is 0 Å². The summed E-state index contributed by atoms with van der Waals surface area (Å²) in [4.78, 5) is 26.5. The predicted octanol–water partition coefficient (Wildman–Crippen LogP) is 4.12. The number of hydrogen-bond donors (Lipinski definition) is 2. The first-order valence-electron chi connectivity index (χ1n) is 8.25. The highest BCUT2D eigenvalue weighted by Gasteiger charge is 2.18. The Morgan fingerprint density at radius 2 is 1.96 bits per heavy atom. The van der Waals surface area contributed by atoms with Gasteiger partial charge in [-0.15, -0.1) is 11.3 Å². The van der Waals surface area contributed by atoms with Crippen LogP contribution in [0, 0.1) is 17.0 Å². The second-order valence-corrected chi connectivity index (χ2v) is 6.80. The molecule has 0 saturated carbocycles. The fourth-order valence-corrected chi connectivity index (χ4v) is 3.14. The molecule has 3 rings (SSSR count). The number of aliphatic carboxylic acids is 1. The van der Waals surface area contributed by atoms with Crippen molar-refractivity contribution in [1.82, 2.24) is 4.98 Å². The summed E-state index contributed by atoms with van der Waals surface area (Å²) in [5.74, 6) is -1.26. The summed E-state index contributed by atoms with van der Waals surface area (Å²) >= 11 is 1.29. The molecule has 0 spiro atoms. The summed E-state index contributed by atoms with van der Waals surface area (Å²) in [6.45, 7) is 2.00. The molecule has 1 heterocycles. The maximum absolute atomic E-state index is 11.5. The number of nitrogens with one attached hydrogen (secondary N) is 1. The first kappa shape index (κ1) is 19.2. The molecule has 0 aliphatic heterocycles. The minimum Gasteiger partial charge on any atom is -0.477 e. The molecular formula is C19H16N4O4S. The van der Waals surface area contributed by atoms with Gasteiger partial charge in [0.1, 0.15) is 5.71 Å². The largest absolute Gasteiger partial charge is 0.477 e. The van der Waals surface area contributed by atoms with E-state index in [1.807, 2.05) is 36.6 Å². The Hall–Kier alpha value is -3.59. The Morgan fingerprint density at radius 1 is 1.25 bits per heavy atom. The van der Waals surface area contributed by atoms with Gasteiger partial charge in [0, 0.05) is 29.0 Å². The number of anilines is 1. The van der Waals surface area contributed by atoms with Gasteiger partial charge in [0.2, 0.25) is 5.13 Å². The molecule has 142 valence electrons. The van der Waals surface area contributed by atoms with Crippen LogP contribution in [-0.4, -0.2) is 26.7 Å². The molecular weight excluding hydrogens is 380 g/mol. The average molecular weight is 396 g/mol. The van der Waals surface area contributed by atoms with Gasteiger partial charge in [-0.2, -0.15) is 5.10 Å². The molecule has 0 fully saturated rings. The number of nitro groups is 1. The number of hydrogen-bond acceptors (Lipinski definition) is 7. The van der Waals surface area contributed by atoms with E-state index in [-0.39, 0.29) is 23.4 Å². The van der Waals surface area contributed by atoms with Gasteiger partial charge in [-0.1, -0.05) is 48.0 Å². The number of thiazole rings is 1. The van der Waals surface area contributed by atoms with Crippen molar-refractivity contribution in [2.24, 2.45) is 5.10 Å². The minimum absolute atomic E-state index is 0.146. The first-order chi connectivity index (χ1) is 13.4. The van der Waals surface area contributed by atoms with Gasteiger partial charge in [0.25, 0.3) is 5.69 Å². The fourth-order valence-electron chi connectivity index (χ4n) is 2.48. The molecule has 0 bridgehead atoms. The van der Waals surface area contributed by atoms with Crippen molar-refractivity contribution in [1.29, 1.82) is 0 Å². The van der Waals surface area contributed by atoms with Crippen LogP contribution in [0.1, 0.15) is 11.1 Å². The lowest BCUT2D eigenvalue weighted by Crippen LogP contribution is -2.18. The van der Waals surface area contributed by atoms with E-state index in [9.17, 15) is 20.0 Å². The van der Waals surface area contributed by atoms with Crippen LogP contribution in [0.2, 0.25) is 0 Å². The van der Waals surface area contributed by atoms with Crippen LogP contribution in [0.3, 0.4) is 0 Å². The highest BCUT2D eigenvalue weighted by Crippen LogP contribution is 2.25. The number of benzene rings is 2. The lowest BCUT2D eigenvalue weighted by atomic mass is 10.1. The molecule has 0 aliphatic rings. The highest BCUT2D eigenvalue weighted by molar-refractivity contribution is 7.14. The molecule has 0 radical (unpaired) electrons. The van der Waals surface area contributed by atoms with E-state index < -0.39 is 10.9 Å². The molecule has 0 unspecified atom stereocenters. The standard InChI is InChI=1S/C19H16N4O4S/c1-12-6-8-13(9-7-12)16-11-28-19(20-16)22-21-15(18(24)25)10-14-4-2-3-5-17(14)23(26)27/h2-9,11H,10H2,1H3,(H,20,22)(H,24,25)/b21-15+. The molecule has 8 nitrogen and oxygen atoms in total. The Bertz CT molecular complexity index is 1040. The lowest BCUT2D eigenvalue weighted by Gasteiger charge is -2.04. The maximum Gasteiger partial charge on any atom is 0.352 e. The molecule has 0 saturated heterocycles. The SMILES string of the molecule is Cc1ccc(-c2csc(N/N=C(\Cc3ccccc3[N+](=O)[O-])C(=O)O)n2)cc1. The number of nitro benzene ring substituents is 1. The van der Waals surface area contributed by atoms with E-state index in [2.05, 4.69) is 15.5 Å². The number of carbonyl (C=O) groups is 1. The van der Waals surface area contributed by atoms with Crippen molar-refractivity contribution >= 4 is 33.8 Å². The van der Waals surface area contributed by atoms with Crippen LogP contribution in [0.25, 0.3) is 11.3 Å². The topological polar surface area (TPSA) is 118 Å². The average Bonchev–Trinajstić information content (AvgIpc) is 3.14. The van der Waals surface area contributed by atoms with Crippen molar-refractivity contribution in [2.75, 3.05) is 5.43 Å². The molecule has 9 heteroatoms. The van der Waals surface area contributed by atoms with Crippen molar-refractivity contribution in [3.63, 3.8) is 0 Å². The van der Waals surface area contributed by atoms with Crippen LogP contribution < -0.4 is 5.43 Å². The second kappa shape index (κ2) is 8.40. The number of rotatable bonds is 7. The minimum atomic E-state index is -1.26. The van der Waals surface area contributed by atoms with Gasteiger partial charge in [-0.05, 0) is 6.92 Å². The molecule has 0 aliphatic carbocycles. The number of aryl methyl sites for hydroxylation is 1. The van der Waals surface area contributed by atoms with Crippen LogP contribution in [0.4, 0.5) is 10.8 Å². The first-order valence-corrected chi connectivity index (χ1v) is 9.12. The van der Waals surface area contributed by atoms with Gasteiger partial charge >= 0.3 is 5.97 Å². The Kier molecular flexibility index (Phi) is 5.75. The highest BCUT2D eigenvalue weighted by atomic mass is 32.1. The molecule has 2 N–H and O–H groups in total. The monoisotopic (exact) mass is 396 g/mol. The van der Waals surface area contributed by atoms with Gasteiger partial charge in [-0.25, -0.2) is 9.78 Å². The Labute approximate surface area is 164 Å². The summed E-state index contributed by atoms with van der Waals surface area (Å²) in [6, 6.07) is 13.9. The third kappa shape index (κ3) is 4.57. The molecule has 0 atom stereocenters. The number of aromatic nitrogens is 1. The third-order valence-electron chi connectivity index (χ3n) is 3.93. The zero-order chi connectivity index (χ0) is 20.1. The van der Waals surface area contributed by atoms with Crippen LogP contribution in [-0.2, 0) is 11.2 Å². The zero-order valence-corrected chi connectivity index (χ0v) is 15.6. The summed E-state index contributed by atoms with van der Waals surface area (Å²) in [6.07, 6.45) is -0.185. The predicted molar refractivity (Wildman–Crippen MR) is 108 cm³/mol. The summed E-state index contributed by atoms with van der Waals surface area (Å²) in [5.41, 5.74) is 5.35. The summed E-state index contributed by atoms with van der Waals surface area (Å²) in [7, 11) is 0. The number of hydrazone groups is 1. The van der Waals surface area contributed by atoms with Crippen molar-refractivity contribution in [3.05, 3.63) is 75.2 Å². The van der Waals surface area contributed by atoms with E-state index in [0.717, 1.165) is 16.8 Å². The normalized spacial score (nSPS) is 11.2. The van der Waals surface area contributed by atoms with E-state index in [1.54, 1.807) is 6.07 Å². The molecule has 28 heavy (non-hydrogen) atoms. The third-order valence-corrected chi connectivity index (χ3v) is 4.68. The lowest BCUT2D eigenvalue weighted by molar-refractivity contribution is -0.385. The molecule has 0 amide bonds. The van der Waals surface area contributed by atoms with E-state index in [1.165, 1.54) is 29.5 Å². The number of nitrogens with zero attached hydrogens (tertiary/aromatic N) is 3. The molecule has 1 aromatic heterocycles. The van der Waals surface area contributed by atoms with Crippen LogP contribution in [0.15, 0.2) is 59.0 Å². The Balaban J connectivity index is 1.78. The quantitative estimate of drug-likeness (QED) is 0.352. The zero-order valence-electron chi connectivity index (χ0n) is 14.8. The van der Waals surface area contributed by atoms with Gasteiger partial charge < -0.3 is 5.11 Å². The van der Waals surface area contributed by atoms with Crippen molar-refractivity contribution < 1.29 is 14.8 Å². The van der Waals surface area contributed by atoms with E-state index in [0.29, 0.717) is 5.13 Å². The van der Waals surface area contributed by atoms with E-state index >= 15 is 0 Å². The van der Waals surface area contributed by atoms with E-state index in [4.69, 9.17) is 0 Å². The van der Waals surface area contributed by atoms with Gasteiger partial charge in [0.15, 0.2) is 0 Å².